The van der Waals surface area contributed by atoms with E-state index in [1.54, 1.807) is 0 Å². The van der Waals surface area contributed by atoms with Crippen molar-refractivity contribution in [3.63, 3.8) is 0 Å². The molecular formula is C38H28IrN5. The molecule has 6 heteroatoms. The molecule has 5 nitrogen and oxygen atoms in total. The summed E-state index contributed by atoms with van der Waals surface area (Å²) in [5, 5.41) is 2.63. The maximum Gasteiger partial charge on any atom is 3.00 e. The van der Waals surface area contributed by atoms with Crippen LogP contribution in [0.25, 0.3) is 33.7 Å². The van der Waals surface area contributed by atoms with Crippen LogP contribution in [-0.2, 0) is 20.1 Å². The number of aliphatic imine (C=N–C) groups is 1. The topological polar surface area (TPSA) is 36.7 Å². The van der Waals surface area contributed by atoms with Crippen molar-refractivity contribution in [3.05, 3.63) is 151 Å². The standard InChI is InChI=1S/C22H16N3.C16H12N2.Ir/c1-2-5-15-14(4-1)7-8-17-16(15)9-10-18-20-12-23-13-25(20)22-19(21(17)18)6-3-11-24-22;1-17-10-16-14-8-3-2-6-12(14)13-7-4-5-9-15(13)18(16)11-17;/h1-12,18-19,21-22H;2-8,10-11H,1H3;/q-1;-2;+3. The Morgan fingerprint density at radius 2 is 1.73 bits per heavy atom. The Balaban J connectivity index is 0.000000135. The zero-order chi connectivity index (χ0) is 28.5. The van der Waals surface area contributed by atoms with Crippen LogP contribution in [0.2, 0.25) is 0 Å². The quantitative estimate of drug-likeness (QED) is 0.152. The number of rotatable bonds is 0. The summed E-state index contributed by atoms with van der Waals surface area (Å²) in [6.45, 7) is 2.10. The second-order valence-electron chi connectivity index (χ2n) is 11.7. The first-order valence-electron chi connectivity index (χ1n) is 14.8. The van der Waals surface area contributed by atoms with Gasteiger partial charge in [0.1, 0.15) is 6.17 Å². The van der Waals surface area contributed by atoms with Gasteiger partial charge in [-0.3, -0.25) is 4.99 Å². The second-order valence-corrected chi connectivity index (χ2v) is 11.7. The van der Waals surface area contributed by atoms with Crippen molar-refractivity contribution in [2.75, 3.05) is 11.9 Å². The zero-order valence-electron chi connectivity index (χ0n) is 24.0. The minimum absolute atomic E-state index is 0. The third-order valence-corrected chi connectivity index (χ3v) is 9.34. The van der Waals surface area contributed by atoms with Crippen LogP contribution >= 0.6 is 0 Å². The molecule has 4 aliphatic heterocycles. The molecule has 0 fully saturated rings. The van der Waals surface area contributed by atoms with Crippen molar-refractivity contribution < 1.29 is 20.1 Å². The minimum atomic E-state index is 0. The summed E-state index contributed by atoms with van der Waals surface area (Å²) in [6.07, 6.45) is 18.2. The summed E-state index contributed by atoms with van der Waals surface area (Å²) in [6, 6.07) is 31.3. The Morgan fingerprint density at radius 1 is 0.886 bits per heavy atom. The molecule has 4 atom stereocenters. The molecule has 44 heavy (non-hydrogen) atoms. The maximum atomic E-state index is 4.75. The van der Waals surface area contributed by atoms with Crippen molar-refractivity contribution in [2.45, 2.75) is 18.0 Å². The molecule has 0 saturated heterocycles. The van der Waals surface area contributed by atoms with Crippen LogP contribution in [0, 0.1) is 25.0 Å². The molecule has 4 unspecified atom stereocenters. The number of imidazole rings is 1. The van der Waals surface area contributed by atoms with Crippen LogP contribution in [-0.4, -0.2) is 27.7 Å². The monoisotopic (exact) mass is 747 g/mol. The van der Waals surface area contributed by atoms with Gasteiger partial charge in [-0.2, -0.15) is 30.9 Å². The fraction of sp³-hybridized carbons (Fsp3) is 0.132. The number of fused-ring (bicyclic) bond motifs is 16. The Kier molecular flexibility index (Phi) is 6.51. The van der Waals surface area contributed by atoms with E-state index in [1.165, 1.54) is 50.0 Å². The average Bonchev–Trinajstić information content (AvgIpc) is 3.72. The van der Waals surface area contributed by atoms with E-state index >= 15 is 0 Å². The number of anilines is 1. The number of para-hydroxylation sites is 1. The number of nitrogens with zero attached hydrogens (tertiary/aromatic N) is 5. The van der Waals surface area contributed by atoms with Crippen molar-refractivity contribution >= 4 is 34.4 Å². The molecule has 0 spiro atoms. The van der Waals surface area contributed by atoms with E-state index in [0.717, 1.165) is 5.69 Å². The molecule has 0 radical (unpaired) electrons. The van der Waals surface area contributed by atoms with Gasteiger partial charge < -0.3 is 19.4 Å². The fourth-order valence-electron chi connectivity index (χ4n) is 7.52. The molecule has 0 saturated carbocycles. The van der Waals surface area contributed by atoms with Gasteiger partial charge in [0.15, 0.2) is 0 Å². The predicted octanol–water partition coefficient (Wildman–Crippen LogP) is 7.83. The Labute approximate surface area is 270 Å². The van der Waals surface area contributed by atoms with Gasteiger partial charge in [0.25, 0.3) is 0 Å². The van der Waals surface area contributed by atoms with Crippen LogP contribution in [0.5, 0.6) is 0 Å². The van der Waals surface area contributed by atoms with E-state index in [-0.39, 0.29) is 26.3 Å². The summed E-state index contributed by atoms with van der Waals surface area (Å²) in [5.41, 5.74) is 10.2. The molecule has 5 heterocycles. The largest absolute Gasteiger partial charge is 3.00 e. The number of dihydropyridines is 1. The van der Waals surface area contributed by atoms with Gasteiger partial charge in [-0.25, -0.2) is 0 Å². The van der Waals surface area contributed by atoms with Gasteiger partial charge >= 0.3 is 20.1 Å². The van der Waals surface area contributed by atoms with Gasteiger partial charge in [0, 0.05) is 24.2 Å². The average molecular weight is 747 g/mol. The van der Waals surface area contributed by atoms with Gasteiger partial charge in [-0.1, -0.05) is 90.1 Å². The Hall–Kier alpha value is -4.51. The van der Waals surface area contributed by atoms with Crippen LogP contribution in [0.15, 0.2) is 114 Å². The predicted molar refractivity (Wildman–Crippen MR) is 173 cm³/mol. The van der Waals surface area contributed by atoms with Gasteiger partial charge in [0.2, 0.25) is 0 Å². The third kappa shape index (κ3) is 4.02. The molecule has 0 bridgehead atoms. The fourth-order valence-corrected chi connectivity index (χ4v) is 7.52. The maximum absolute atomic E-state index is 4.75. The van der Waals surface area contributed by atoms with Crippen molar-refractivity contribution in [1.29, 1.82) is 0 Å². The number of aromatic nitrogens is 2. The summed E-state index contributed by atoms with van der Waals surface area (Å²) in [7, 11) is 2.05. The third-order valence-electron chi connectivity index (χ3n) is 9.34. The molecule has 0 amide bonds. The second kappa shape index (κ2) is 10.6. The number of hydrogen-bond acceptors (Lipinski definition) is 4. The van der Waals surface area contributed by atoms with E-state index in [1.807, 2.05) is 24.5 Å². The van der Waals surface area contributed by atoms with E-state index in [2.05, 4.69) is 143 Å². The van der Waals surface area contributed by atoms with Crippen molar-refractivity contribution in [1.82, 2.24) is 14.5 Å². The molecule has 0 N–H and O–H groups in total. The van der Waals surface area contributed by atoms with Crippen molar-refractivity contribution in [2.24, 2.45) is 10.9 Å². The number of benzene rings is 4. The van der Waals surface area contributed by atoms with Gasteiger partial charge in [-0.05, 0) is 58.6 Å². The van der Waals surface area contributed by atoms with Crippen molar-refractivity contribution in [3.8, 4) is 11.1 Å². The Morgan fingerprint density at radius 3 is 2.66 bits per heavy atom. The van der Waals surface area contributed by atoms with Crippen LogP contribution < -0.4 is 4.90 Å². The first-order chi connectivity index (χ1) is 21.3. The molecule has 214 valence electrons. The molecular weight excluding hydrogens is 719 g/mol. The van der Waals surface area contributed by atoms with E-state index in [9.17, 15) is 0 Å². The van der Waals surface area contributed by atoms with Crippen LogP contribution in [0.1, 0.15) is 40.4 Å². The summed E-state index contributed by atoms with van der Waals surface area (Å²) in [4.78, 5) is 13.3. The first-order valence-corrected chi connectivity index (χ1v) is 14.8. The molecule has 5 aromatic rings. The zero-order valence-corrected chi connectivity index (χ0v) is 26.4. The first kappa shape index (κ1) is 27.1. The van der Waals surface area contributed by atoms with Gasteiger partial charge in [0.05, 0.1) is 0 Å². The molecule has 1 aromatic heterocycles. The number of hydrogen-bond donors (Lipinski definition) is 0. The molecule has 5 aliphatic rings. The Bertz CT molecular complexity index is 2030. The summed E-state index contributed by atoms with van der Waals surface area (Å²) >= 11 is 0. The summed E-state index contributed by atoms with van der Waals surface area (Å²) in [5.74, 6) is 1.05. The number of allylic oxidation sites excluding steroid dienone is 2. The van der Waals surface area contributed by atoms with Gasteiger partial charge in [-0.15, -0.1) is 17.5 Å². The molecule has 1 aliphatic carbocycles. The molecule has 4 aromatic carbocycles. The normalized spacial score (nSPS) is 22.6. The van der Waals surface area contributed by atoms with E-state index in [4.69, 9.17) is 4.99 Å². The summed E-state index contributed by atoms with van der Waals surface area (Å²) < 4.78 is 2.13. The SMILES string of the molecule is CN1C=C2c3ccccc3-c3ccc[c-]c3N2[CH-]1.[Ir+3].[c-]1ncc2n1C1N=CC=CC1C1c3ccc4ccccc4c3C=CC21. The van der Waals surface area contributed by atoms with Crippen LogP contribution in [0.3, 0.4) is 0 Å². The smallest absolute Gasteiger partial charge is 0.510 e. The van der Waals surface area contributed by atoms with Crippen LogP contribution in [0.4, 0.5) is 5.69 Å². The molecule has 10 rings (SSSR count). The van der Waals surface area contributed by atoms with E-state index < -0.39 is 0 Å². The van der Waals surface area contributed by atoms with E-state index in [0.29, 0.717) is 17.8 Å². The minimum Gasteiger partial charge on any atom is -0.510 e.